The number of hydrogen-bond acceptors (Lipinski definition) is 3. The van der Waals surface area contributed by atoms with E-state index >= 15 is 0 Å². The van der Waals surface area contributed by atoms with Gasteiger partial charge >= 0.3 is 0 Å². The minimum absolute atomic E-state index is 0.630. The summed E-state index contributed by atoms with van der Waals surface area (Å²) in [6, 6.07) is 3.83. The van der Waals surface area contributed by atoms with Gasteiger partial charge in [0.1, 0.15) is 11.4 Å². The summed E-state index contributed by atoms with van der Waals surface area (Å²) < 4.78 is 7.15. The van der Waals surface area contributed by atoms with Gasteiger partial charge in [0.25, 0.3) is 0 Å². The average molecular weight is 191 g/mol. The van der Waals surface area contributed by atoms with Crippen molar-refractivity contribution in [3.05, 3.63) is 30.2 Å². The first-order valence-corrected chi connectivity index (χ1v) is 4.55. The van der Waals surface area contributed by atoms with E-state index in [9.17, 15) is 0 Å². The van der Waals surface area contributed by atoms with E-state index in [1.54, 1.807) is 7.11 Å². The van der Waals surface area contributed by atoms with Crippen LogP contribution >= 0.6 is 0 Å². The molecule has 74 valence electrons. The van der Waals surface area contributed by atoms with Crippen molar-refractivity contribution in [3.63, 3.8) is 0 Å². The molecule has 4 nitrogen and oxygen atoms in total. The largest absolute Gasteiger partial charge is 0.495 e. The van der Waals surface area contributed by atoms with Gasteiger partial charge in [-0.05, 0) is 18.7 Å². The van der Waals surface area contributed by atoms with Crippen molar-refractivity contribution in [3.8, 4) is 5.75 Å². The molecular formula is C10H13N3O. The van der Waals surface area contributed by atoms with Crippen LogP contribution in [0, 0.1) is 0 Å². The maximum Gasteiger partial charge on any atom is 0.137 e. The molecule has 0 aliphatic heterocycles. The summed E-state index contributed by atoms with van der Waals surface area (Å²) >= 11 is 0. The fourth-order valence-corrected chi connectivity index (χ4v) is 1.47. The Morgan fingerprint density at radius 1 is 1.50 bits per heavy atom. The van der Waals surface area contributed by atoms with Gasteiger partial charge in [-0.1, -0.05) is 0 Å². The molecule has 0 aliphatic carbocycles. The number of hydrogen-bond donors (Lipinski definition) is 1. The number of rotatable bonds is 3. The highest BCUT2D eigenvalue weighted by molar-refractivity contribution is 5.43. The molecule has 0 unspecified atom stereocenters. The average Bonchev–Trinajstić information content (AvgIpc) is 2.61. The Bertz CT molecular complexity index is 436. The lowest BCUT2D eigenvalue weighted by atomic mass is 10.3. The maximum atomic E-state index is 5.51. The monoisotopic (exact) mass is 191 g/mol. The van der Waals surface area contributed by atoms with Gasteiger partial charge in [-0.15, -0.1) is 0 Å². The van der Waals surface area contributed by atoms with Gasteiger partial charge in [0.05, 0.1) is 13.3 Å². The van der Waals surface area contributed by atoms with Crippen molar-refractivity contribution in [1.29, 1.82) is 0 Å². The maximum absolute atomic E-state index is 5.51. The van der Waals surface area contributed by atoms with Crippen molar-refractivity contribution >= 4 is 5.65 Å². The fraction of sp³-hybridized carbons (Fsp3) is 0.300. The fourth-order valence-electron chi connectivity index (χ4n) is 1.47. The van der Waals surface area contributed by atoms with Gasteiger partial charge in [-0.25, -0.2) is 4.98 Å². The van der Waals surface area contributed by atoms with E-state index in [0.29, 0.717) is 6.54 Å². The molecule has 0 radical (unpaired) electrons. The lowest BCUT2D eigenvalue weighted by molar-refractivity contribution is 0.412. The van der Waals surface area contributed by atoms with E-state index in [0.717, 1.165) is 23.5 Å². The number of nitrogens with zero attached hydrogens (tertiary/aromatic N) is 2. The van der Waals surface area contributed by atoms with Crippen molar-refractivity contribution < 1.29 is 4.74 Å². The summed E-state index contributed by atoms with van der Waals surface area (Å²) in [7, 11) is 1.65. The number of nitrogens with two attached hydrogens (primary N) is 1. The van der Waals surface area contributed by atoms with E-state index in [4.69, 9.17) is 10.5 Å². The predicted octanol–water partition coefficient (Wildman–Crippen LogP) is 0.844. The summed E-state index contributed by atoms with van der Waals surface area (Å²) in [5.74, 6) is 0.828. The molecule has 2 aromatic rings. The standard InChI is InChI=1S/C10H13N3O/c1-14-9-2-3-10-12-6-8(4-5-11)13(10)7-9/h2-3,6-7H,4-5,11H2,1H3. The van der Waals surface area contributed by atoms with Crippen LogP contribution in [0.3, 0.4) is 0 Å². The van der Waals surface area contributed by atoms with E-state index in [1.165, 1.54) is 0 Å². The van der Waals surface area contributed by atoms with Gasteiger partial charge in [-0.3, -0.25) is 0 Å². The van der Waals surface area contributed by atoms with Crippen molar-refractivity contribution in [2.45, 2.75) is 6.42 Å². The number of imidazole rings is 1. The second-order valence-corrected chi connectivity index (χ2v) is 3.09. The third kappa shape index (κ3) is 1.44. The molecule has 0 saturated carbocycles. The molecule has 0 fully saturated rings. The van der Waals surface area contributed by atoms with Crippen LogP contribution in [0.1, 0.15) is 5.69 Å². The van der Waals surface area contributed by atoms with Crippen LogP contribution in [0.5, 0.6) is 5.75 Å². The molecule has 2 N–H and O–H groups in total. The topological polar surface area (TPSA) is 52.5 Å². The molecule has 2 heterocycles. The van der Waals surface area contributed by atoms with E-state index in [1.807, 2.05) is 28.9 Å². The van der Waals surface area contributed by atoms with Gasteiger partial charge in [0.2, 0.25) is 0 Å². The summed E-state index contributed by atoms with van der Waals surface area (Å²) in [5, 5.41) is 0. The highest BCUT2D eigenvalue weighted by Crippen LogP contribution is 2.14. The van der Waals surface area contributed by atoms with Gasteiger partial charge in [0, 0.05) is 18.3 Å². The summed E-state index contributed by atoms with van der Waals surface area (Å²) in [5.41, 5.74) is 7.55. The predicted molar refractivity (Wildman–Crippen MR) is 54.5 cm³/mol. The van der Waals surface area contributed by atoms with E-state index in [-0.39, 0.29) is 0 Å². The molecule has 2 rings (SSSR count). The second kappa shape index (κ2) is 3.67. The molecule has 0 amide bonds. The Morgan fingerprint density at radius 3 is 3.07 bits per heavy atom. The first-order valence-electron chi connectivity index (χ1n) is 4.55. The molecule has 0 spiro atoms. The highest BCUT2D eigenvalue weighted by atomic mass is 16.5. The lowest BCUT2D eigenvalue weighted by Gasteiger charge is -2.02. The molecule has 14 heavy (non-hydrogen) atoms. The number of methoxy groups -OCH3 is 1. The zero-order valence-corrected chi connectivity index (χ0v) is 8.10. The minimum atomic E-state index is 0.630. The Balaban J connectivity index is 2.52. The third-order valence-electron chi connectivity index (χ3n) is 2.19. The summed E-state index contributed by atoms with van der Waals surface area (Å²) in [4.78, 5) is 4.26. The molecule has 2 aromatic heterocycles. The van der Waals surface area contributed by atoms with Crippen molar-refractivity contribution in [1.82, 2.24) is 9.38 Å². The smallest absolute Gasteiger partial charge is 0.137 e. The molecule has 0 atom stereocenters. The zero-order chi connectivity index (χ0) is 9.97. The van der Waals surface area contributed by atoms with Crippen LogP contribution in [0.4, 0.5) is 0 Å². The quantitative estimate of drug-likeness (QED) is 0.782. The molecule has 0 saturated heterocycles. The Hall–Kier alpha value is -1.55. The number of fused-ring (bicyclic) bond motifs is 1. The Kier molecular flexibility index (Phi) is 2.37. The number of pyridine rings is 1. The van der Waals surface area contributed by atoms with Crippen LogP contribution < -0.4 is 10.5 Å². The summed E-state index contributed by atoms with van der Waals surface area (Å²) in [6.07, 6.45) is 4.60. The summed E-state index contributed by atoms with van der Waals surface area (Å²) in [6.45, 7) is 0.630. The van der Waals surface area contributed by atoms with Crippen LogP contribution in [-0.4, -0.2) is 23.0 Å². The Labute approximate surface area is 82.3 Å². The molecule has 0 bridgehead atoms. The molecule has 0 aliphatic rings. The third-order valence-corrected chi connectivity index (χ3v) is 2.19. The second-order valence-electron chi connectivity index (χ2n) is 3.09. The first-order chi connectivity index (χ1) is 6.85. The van der Waals surface area contributed by atoms with Crippen LogP contribution in [0.15, 0.2) is 24.5 Å². The van der Waals surface area contributed by atoms with E-state index < -0.39 is 0 Å². The normalized spacial score (nSPS) is 10.7. The molecule has 0 aromatic carbocycles. The van der Waals surface area contributed by atoms with Crippen LogP contribution in [-0.2, 0) is 6.42 Å². The number of ether oxygens (including phenoxy) is 1. The zero-order valence-electron chi connectivity index (χ0n) is 8.10. The van der Waals surface area contributed by atoms with E-state index in [2.05, 4.69) is 4.98 Å². The molecular weight excluding hydrogens is 178 g/mol. The SMILES string of the molecule is COc1ccc2ncc(CCN)n2c1. The Morgan fingerprint density at radius 2 is 2.36 bits per heavy atom. The highest BCUT2D eigenvalue weighted by Gasteiger charge is 2.02. The number of aromatic nitrogens is 2. The molecule has 4 heteroatoms. The van der Waals surface area contributed by atoms with Gasteiger partial charge in [0.15, 0.2) is 0 Å². The van der Waals surface area contributed by atoms with Crippen molar-refractivity contribution in [2.24, 2.45) is 5.73 Å². The van der Waals surface area contributed by atoms with Gasteiger partial charge in [-0.2, -0.15) is 0 Å². The van der Waals surface area contributed by atoms with Crippen molar-refractivity contribution in [2.75, 3.05) is 13.7 Å². The van der Waals surface area contributed by atoms with Gasteiger partial charge < -0.3 is 14.9 Å². The van der Waals surface area contributed by atoms with Crippen LogP contribution in [0.2, 0.25) is 0 Å². The van der Waals surface area contributed by atoms with Crippen LogP contribution in [0.25, 0.3) is 5.65 Å². The lowest BCUT2D eigenvalue weighted by Crippen LogP contribution is -2.05. The first kappa shape index (κ1) is 9.02. The minimum Gasteiger partial charge on any atom is -0.495 e.